The molecule has 3 rings (SSSR count). The maximum atomic E-state index is 12.9. The van der Waals surface area contributed by atoms with Crippen molar-refractivity contribution >= 4 is 11.8 Å². The molecular formula is C22H25FN2O2. The summed E-state index contributed by atoms with van der Waals surface area (Å²) in [6.45, 7) is 4.30. The molecule has 0 atom stereocenters. The molecule has 2 amide bonds. The molecule has 2 aromatic rings. The summed E-state index contributed by atoms with van der Waals surface area (Å²) in [6.07, 6.45) is 1.95. The fourth-order valence-electron chi connectivity index (χ4n) is 3.28. The maximum Gasteiger partial charge on any atom is 0.253 e. The van der Waals surface area contributed by atoms with Crippen LogP contribution < -0.4 is 0 Å². The van der Waals surface area contributed by atoms with E-state index >= 15 is 0 Å². The van der Waals surface area contributed by atoms with E-state index in [1.165, 1.54) is 17.7 Å². The zero-order chi connectivity index (χ0) is 19.2. The second-order valence-electron chi connectivity index (χ2n) is 6.85. The fourth-order valence-corrected chi connectivity index (χ4v) is 3.28. The number of hydrogen-bond donors (Lipinski definition) is 0. The van der Waals surface area contributed by atoms with Gasteiger partial charge < -0.3 is 9.80 Å². The van der Waals surface area contributed by atoms with E-state index < -0.39 is 0 Å². The summed E-state index contributed by atoms with van der Waals surface area (Å²) in [5, 5.41) is 0. The molecule has 0 bridgehead atoms. The highest BCUT2D eigenvalue weighted by atomic mass is 19.1. The molecule has 1 aliphatic heterocycles. The van der Waals surface area contributed by atoms with Gasteiger partial charge in [-0.25, -0.2) is 4.39 Å². The molecule has 2 aromatic carbocycles. The third-order valence-corrected chi connectivity index (χ3v) is 5.07. The van der Waals surface area contributed by atoms with Crippen LogP contribution in [0.4, 0.5) is 4.39 Å². The highest BCUT2D eigenvalue weighted by Gasteiger charge is 2.24. The fraction of sp³-hybridized carbons (Fsp3) is 0.364. The third kappa shape index (κ3) is 4.94. The Kier molecular flexibility index (Phi) is 6.22. The van der Waals surface area contributed by atoms with Gasteiger partial charge in [0.2, 0.25) is 5.91 Å². The molecule has 5 heteroatoms. The number of carbonyl (C=O) groups excluding carboxylic acids is 2. The Morgan fingerprint density at radius 2 is 1.41 bits per heavy atom. The van der Waals surface area contributed by atoms with Gasteiger partial charge in [0.05, 0.1) is 0 Å². The largest absolute Gasteiger partial charge is 0.339 e. The second kappa shape index (κ2) is 8.80. The number of halogens is 1. The van der Waals surface area contributed by atoms with E-state index in [2.05, 4.69) is 6.92 Å². The van der Waals surface area contributed by atoms with Crippen molar-refractivity contribution in [1.29, 1.82) is 0 Å². The first-order chi connectivity index (χ1) is 13.1. The van der Waals surface area contributed by atoms with Crippen LogP contribution in [-0.2, 0) is 17.6 Å². The second-order valence-corrected chi connectivity index (χ2v) is 6.85. The highest BCUT2D eigenvalue weighted by molar-refractivity contribution is 5.94. The van der Waals surface area contributed by atoms with E-state index in [0.29, 0.717) is 44.6 Å². The molecule has 0 spiro atoms. The summed E-state index contributed by atoms with van der Waals surface area (Å²) in [4.78, 5) is 28.6. The summed E-state index contributed by atoms with van der Waals surface area (Å²) >= 11 is 0. The minimum Gasteiger partial charge on any atom is -0.339 e. The Labute approximate surface area is 159 Å². The van der Waals surface area contributed by atoms with E-state index in [9.17, 15) is 14.0 Å². The van der Waals surface area contributed by atoms with Gasteiger partial charge in [-0.05, 0) is 48.2 Å². The number of nitrogens with zero attached hydrogens (tertiary/aromatic N) is 2. The van der Waals surface area contributed by atoms with Gasteiger partial charge in [0.15, 0.2) is 0 Å². The van der Waals surface area contributed by atoms with Gasteiger partial charge >= 0.3 is 0 Å². The quantitative estimate of drug-likeness (QED) is 0.812. The van der Waals surface area contributed by atoms with Crippen molar-refractivity contribution in [3.63, 3.8) is 0 Å². The molecule has 1 fully saturated rings. The van der Waals surface area contributed by atoms with Crippen molar-refractivity contribution in [3.8, 4) is 0 Å². The minimum absolute atomic E-state index is 0.0241. The lowest BCUT2D eigenvalue weighted by molar-refractivity contribution is -0.132. The SMILES string of the molecule is CCc1ccc(C(=O)N2CCN(C(=O)CCc3ccc(F)cc3)CC2)cc1. The summed E-state index contributed by atoms with van der Waals surface area (Å²) in [6, 6.07) is 14.0. The van der Waals surface area contributed by atoms with Crippen LogP contribution in [0.5, 0.6) is 0 Å². The van der Waals surface area contributed by atoms with Crippen LogP contribution in [0.2, 0.25) is 0 Å². The molecule has 0 radical (unpaired) electrons. The van der Waals surface area contributed by atoms with Gasteiger partial charge in [-0.2, -0.15) is 0 Å². The van der Waals surface area contributed by atoms with Crippen LogP contribution in [0.3, 0.4) is 0 Å². The van der Waals surface area contributed by atoms with Gasteiger partial charge in [-0.3, -0.25) is 9.59 Å². The molecule has 0 N–H and O–H groups in total. The number of carbonyl (C=O) groups is 2. The molecule has 1 heterocycles. The number of rotatable bonds is 5. The number of aryl methyl sites for hydroxylation is 2. The standard InChI is InChI=1S/C22H25FN2O2/c1-2-17-3-8-19(9-4-17)22(27)25-15-13-24(14-16-25)21(26)12-7-18-5-10-20(23)11-6-18/h3-6,8-11H,2,7,12-16H2,1H3. The van der Waals surface area contributed by atoms with E-state index in [-0.39, 0.29) is 17.6 Å². The third-order valence-electron chi connectivity index (χ3n) is 5.07. The van der Waals surface area contributed by atoms with Gasteiger partial charge in [0.25, 0.3) is 5.91 Å². The molecule has 0 aliphatic carbocycles. The van der Waals surface area contributed by atoms with Crippen molar-refractivity contribution in [2.24, 2.45) is 0 Å². The molecule has 1 saturated heterocycles. The molecule has 0 unspecified atom stereocenters. The Balaban J connectivity index is 1.48. The maximum absolute atomic E-state index is 12.9. The zero-order valence-electron chi connectivity index (χ0n) is 15.7. The summed E-state index contributed by atoms with van der Waals surface area (Å²) in [7, 11) is 0. The first-order valence-electron chi connectivity index (χ1n) is 9.47. The lowest BCUT2D eigenvalue weighted by atomic mass is 10.1. The lowest BCUT2D eigenvalue weighted by Crippen LogP contribution is -2.50. The van der Waals surface area contributed by atoms with Gasteiger partial charge in [0, 0.05) is 38.2 Å². The summed E-state index contributed by atoms with van der Waals surface area (Å²) in [5.41, 5.74) is 2.86. The van der Waals surface area contributed by atoms with E-state index in [0.717, 1.165) is 12.0 Å². The predicted molar refractivity (Wildman–Crippen MR) is 103 cm³/mol. The molecule has 27 heavy (non-hydrogen) atoms. The smallest absolute Gasteiger partial charge is 0.253 e. The highest BCUT2D eigenvalue weighted by Crippen LogP contribution is 2.13. The molecule has 4 nitrogen and oxygen atoms in total. The first-order valence-corrected chi connectivity index (χ1v) is 9.47. The van der Waals surface area contributed by atoms with Crippen LogP contribution >= 0.6 is 0 Å². The number of amides is 2. The van der Waals surface area contributed by atoms with Crippen LogP contribution in [0.15, 0.2) is 48.5 Å². The van der Waals surface area contributed by atoms with Gasteiger partial charge in [0.1, 0.15) is 5.82 Å². The topological polar surface area (TPSA) is 40.6 Å². The van der Waals surface area contributed by atoms with Crippen molar-refractivity contribution < 1.29 is 14.0 Å². The minimum atomic E-state index is -0.268. The van der Waals surface area contributed by atoms with Crippen molar-refractivity contribution in [1.82, 2.24) is 9.80 Å². The van der Waals surface area contributed by atoms with Crippen LogP contribution in [-0.4, -0.2) is 47.8 Å². The van der Waals surface area contributed by atoms with Crippen LogP contribution in [0.1, 0.15) is 34.8 Å². The van der Waals surface area contributed by atoms with Gasteiger partial charge in [-0.15, -0.1) is 0 Å². The van der Waals surface area contributed by atoms with E-state index in [1.807, 2.05) is 34.1 Å². The first kappa shape index (κ1) is 19.1. The molecular weight excluding hydrogens is 343 g/mol. The Morgan fingerprint density at radius 3 is 2.00 bits per heavy atom. The predicted octanol–water partition coefficient (Wildman–Crippen LogP) is 3.31. The van der Waals surface area contributed by atoms with Crippen molar-refractivity contribution in [2.45, 2.75) is 26.2 Å². The van der Waals surface area contributed by atoms with Crippen LogP contribution in [0.25, 0.3) is 0 Å². The summed E-state index contributed by atoms with van der Waals surface area (Å²) in [5.74, 6) is -0.162. The summed E-state index contributed by atoms with van der Waals surface area (Å²) < 4.78 is 12.9. The number of benzene rings is 2. The average molecular weight is 368 g/mol. The zero-order valence-corrected chi connectivity index (χ0v) is 15.7. The van der Waals surface area contributed by atoms with E-state index in [4.69, 9.17) is 0 Å². The van der Waals surface area contributed by atoms with E-state index in [1.54, 1.807) is 12.1 Å². The molecule has 1 aliphatic rings. The normalized spacial score (nSPS) is 14.3. The number of hydrogen-bond acceptors (Lipinski definition) is 2. The van der Waals surface area contributed by atoms with Crippen molar-refractivity contribution in [3.05, 3.63) is 71.0 Å². The monoisotopic (exact) mass is 368 g/mol. The lowest BCUT2D eigenvalue weighted by Gasteiger charge is -2.35. The average Bonchev–Trinajstić information content (AvgIpc) is 2.73. The molecule has 0 aromatic heterocycles. The Bertz CT molecular complexity index is 779. The Hall–Kier alpha value is -2.69. The van der Waals surface area contributed by atoms with Crippen LogP contribution in [0, 0.1) is 5.82 Å². The molecule has 0 saturated carbocycles. The van der Waals surface area contributed by atoms with Crippen molar-refractivity contribution in [2.75, 3.05) is 26.2 Å². The number of piperazine rings is 1. The molecule has 142 valence electrons. The Morgan fingerprint density at radius 1 is 0.852 bits per heavy atom. The van der Waals surface area contributed by atoms with Gasteiger partial charge in [-0.1, -0.05) is 31.2 Å².